The van der Waals surface area contributed by atoms with Gasteiger partial charge in [0.25, 0.3) is 5.91 Å². The average molecular weight is 275 g/mol. The largest absolute Gasteiger partial charge is 0.305 e. The normalized spacial score (nSPS) is 11.4. The molecule has 1 aromatic heterocycles. The molecule has 0 saturated carbocycles. The van der Waals surface area contributed by atoms with Crippen LogP contribution in [0, 0.1) is 12.7 Å². The van der Waals surface area contributed by atoms with Crippen molar-refractivity contribution < 1.29 is 9.18 Å². The first-order valence-electron chi connectivity index (χ1n) is 6.40. The molecule has 2 rings (SSSR count). The van der Waals surface area contributed by atoms with Crippen LogP contribution >= 0.6 is 0 Å². The number of H-pyrrole nitrogens is 1. The van der Waals surface area contributed by atoms with Crippen molar-refractivity contribution in [2.75, 3.05) is 5.32 Å². The Morgan fingerprint density at radius 3 is 2.50 bits per heavy atom. The molecule has 1 aromatic carbocycles. The Labute approximate surface area is 117 Å². The number of carbonyl (C=O) groups is 1. The molecule has 20 heavy (non-hydrogen) atoms. The van der Waals surface area contributed by atoms with Crippen LogP contribution in [0.2, 0.25) is 0 Å². The molecular formula is C15H18FN3O. The number of carbonyl (C=O) groups excluding carboxylic acids is 1. The van der Waals surface area contributed by atoms with Gasteiger partial charge in [-0.25, -0.2) is 4.39 Å². The van der Waals surface area contributed by atoms with Gasteiger partial charge in [-0.05, 0) is 30.7 Å². The Morgan fingerprint density at radius 1 is 1.25 bits per heavy atom. The summed E-state index contributed by atoms with van der Waals surface area (Å²) in [6.45, 7) is 7.87. The number of aromatic amines is 1. The number of nitrogens with one attached hydrogen (secondary N) is 2. The fourth-order valence-corrected chi connectivity index (χ4v) is 1.83. The van der Waals surface area contributed by atoms with Crippen molar-refractivity contribution in [3.8, 4) is 0 Å². The van der Waals surface area contributed by atoms with Crippen LogP contribution in [-0.4, -0.2) is 16.1 Å². The second-order valence-electron chi connectivity index (χ2n) is 5.89. The number of amides is 1. The van der Waals surface area contributed by atoms with E-state index in [1.165, 1.54) is 12.1 Å². The summed E-state index contributed by atoms with van der Waals surface area (Å²) in [5, 5.41) is 9.59. The Morgan fingerprint density at radius 2 is 1.95 bits per heavy atom. The van der Waals surface area contributed by atoms with Crippen LogP contribution < -0.4 is 5.32 Å². The van der Waals surface area contributed by atoms with Gasteiger partial charge < -0.3 is 5.32 Å². The number of nitrogens with zero attached hydrogens (tertiary/aromatic N) is 1. The summed E-state index contributed by atoms with van der Waals surface area (Å²) in [6, 6.07) is 6.00. The topological polar surface area (TPSA) is 57.8 Å². The van der Waals surface area contributed by atoms with Gasteiger partial charge in [-0.3, -0.25) is 9.89 Å². The molecule has 1 amide bonds. The molecule has 0 atom stereocenters. The molecule has 5 heteroatoms. The van der Waals surface area contributed by atoms with Gasteiger partial charge >= 0.3 is 0 Å². The number of hydrogen-bond acceptors (Lipinski definition) is 2. The summed E-state index contributed by atoms with van der Waals surface area (Å²) in [6.07, 6.45) is 0. The minimum absolute atomic E-state index is 0.0780. The van der Waals surface area contributed by atoms with E-state index in [4.69, 9.17) is 0 Å². The van der Waals surface area contributed by atoms with Gasteiger partial charge in [0.15, 0.2) is 5.82 Å². The van der Waals surface area contributed by atoms with E-state index in [1.54, 1.807) is 19.1 Å². The molecule has 0 radical (unpaired) electrons. The number of benzene rings is 1. The smallest absolute Gasteiger partial charge is 0.256 e. The second-order valence-corrected chi connectivity index (χ2v) is 5.89. The van der Waals surface area contributed by atoms with Crippen molar-refractivity contribution in [2.24, 2.45) is 0 Å². The number of hydrogen-bond donors (Lipinski definition) is 2. The lowest BCUT2D eigenvalue weighted by molar-refractivity contribution is 0.102. The molecule has 0 unspecified atom stereocenters. The average Bonchev–Trinajstić information content (AvgIpc) is 2.75. The van der Waals surface area contributed by atoms with Crippen molar-refractivity contribution in [3.63, 3.8) is 0 Å². The molecule has 2 N–H and O–H groups in total. The quantitative estimate of drug-likeness (QED) is 0.882. The van der Waals surface area contributed by atoms with E-state index in [0.29, 0.717) is 11.4 Å². The zero-order valence-electron chi connectivity index (χ0n) is 12.0. The maximum Gasteiger partial charge on any atom is 0.256 e. The molecule has 0 aliphatic rings. The highest BCUT2D eigenvalue weighted by atomic mass is 19.1. The van der Waals surface area contributed by atoms with Gasteiger partial charge in [0, 0.05) is 22.7 Å². The SMILES string of the molecule is Cc1cc(F)cc(C(=O)Nc2cc(C(C)(C)C)[nH]n2)c1. The minimum atomic E-state index is -0.424. The molecule has 0 saturated heterocycles. The summed E-state index contributed by atoms with van der Waals surface area (Å²) >= 11 is 0. The molecule has 0 bridgehead atoms. The highest BCUT2D eigenvalue weighted by Gasteiger charge is 2.17. The van der Waals surface area contributed by atoms with Crippen LogP contribution in [0.3, 0.4) is 0 Å². The summed E-state index contributed by atoms with van der Waals surface area (Å²) in [7, 11) is 0. The van der Waals surface area contributed by atoms with Gasteiger partial charge in [0.2, 0.25) is 0 Å². The van der Waals surface area contributed by atoms with Gasteiger partial charge in [-0.1, -0.05) is 20.8 Å². The lowest BCUT2D eigenvalue weighted by Gasteiger charge is -2.14. The van der Waals surface area contributed by atoms with Crippen molar-refractivity contribution >= 4 is 11.7 Å². The van der Waals surface area contributed by atoms with E-state index in [0.717, 1.165) is 5.69 Å². The molecule has 106 valence electrons. The number of aromatic nitrogens is 2. The van der Waals surface area contributed by atoms with Gasteiger partial charge in [-0.2, -0.15) is 5.10 Å². The van der Waals surface area contributed by atoms with Crippen LogP contribution in [-0.2, 0) is 5.41 Å². The highest BCUT2D eigenvalue weighted by molar-refractivity contribution is 6.03. The van der Waals surface area contributed by atoms with Crippen molar-refractivity contribution in [1.82, 2.24) is 10.2 Å². The molecule has 0 spiro atoms. The third kappa shape index (κ3) is 3.23. The first kappa shape index (κ1) is 14.2. The van der Waals surface area contributed by atoms with E-state index >= 15 is 0 Å². The van der Waals surface area contributed by atoms with Crippen LogP contribution in [0.1, 0.15) is 42.4 Å². The van der Waals surface area contributed by atoms with Crippen LogP contribution in [0.25, 0.3) is 0 Å². The highest BCUT2D eigenvalue weighted by Crippen LogP contribution is 2.22. The third-order valence-electron chi connectivity index (χ3n) is 2.93. The van der Waals surface area contributed by atoms with Gasteiger partial charge in [0.05, 0.1) is 0 Å². The van der Waals surface area contributed by atoms with Crippen LogP contribution in [0.15, 0.2) is 24.3 Å². The maximum absolute atomic E-state index is 13.3. The predicted molar refractivity (Wildman–Crippen MR) is 76.4 cm³/mol. The molecule has 0 fully saturated rings. The number of anilines is 1. The van der Waals surface area contributed by atoms with E-state index < -0.39 is 5.82 Å². The molecule has 4 nitrogen and oxygen atoms in total. The van der Waals surface area contributed by atoms with E-state index in [2.05, 4.69) is 15.5 Å². The summed E-state index contributed by atoms with van der Waals surface area (Å²) in [5.41, 5.74) is 1.82. The van der Waals surface area contributed by atoms with Crippen molar-refractivity contribution in [3.05, 3.63) is 46.9 Å². The predicted octanol–water partition coefficient (Wildman–Crippen LogP) is 3.41. The zero-order valence-corrected chi connectivity index (χ0v) is 12.0. The Balaban J connectivity index is 2.17. The van der Waals surface area contributed by atoms with Gasteiger partial charge in [0.1, 0.15) is 5.82 Å². The van der Waals surface area contributed by atoms with Crippen LogP contribution in [0.5, 0.6) is 0 Å². The first-order chi connectivity index (χ1) is 9.25. The first-order valence-corrected chi connectivity index (χ1v) is 6.40. The maximum atomic E-state index is 13.3. The third-order valence-corrected chi connectivity index (χ3v) is 2.93. The van der Waals surface area contributed by atoms with E-state index in [9.17, 15) is 9.18 Å². The molecular weight excluding hydrogens is 257 g/mol. The standard InChI is InChI=1S/C15H18FN3O/c1-9-5-10(7-11(16)6-9)14(20)17-13-8-12(18-19-13)15(2,3)4/h5-8H,1-4H3,(H2,17,18,19,20). The number of aryl methyl sites for hydroxylation is 1. The molecule has 2 aromatic rings. The summed E-state index contributed by atoms with van der Waals surface area (Å²) < 4.78 is 13.3. The fourth-order valence-electron chi connectivity index (χ4n) is 1.83. The number of rotatable bonds is 2. The zero-order chi connectivity index (χ0) is 14.9. The molecule has 1 heterocycles. The Kier molecular flexibility index (Phi) is 3.61. The molecule has 0 aliphatic carbocycles. The summed E-state index contributed by atoms with van der Waals surface area (Å²) in [5.74, 6) is -0.367. The monoisotopic (exact) mass is 275 g/mol. The fraction of sp³-hybridized carbons (Fsp3) is 0.333. The van der Waals surface area contributed by atoms with Crippen LogP contribution in [0.4, 0.5) is 10.2 Å². The summed E-state index contributed by atoms with van der Waals surface area (Å²) in [4.78, 5) is 12.0. The lowest BCUT2D eigenvalue weighted by Crippen LogP contribution is -2.13. The number of halogens is 1. The Bertz CT molecular complexity index is 621. The minimum Gasteiger partial charge on any atom is -0.305 e. The van der Waals surface area contributed by atoms with E-state index in [1.807, 2.05) is 20.8 Å². The second kappa shape index (κ2) is 5.07. The van der Waals surface area contributed by atoms with E-state index in [-0.39, 0.29) is 16.9 Å². The van der Waals surface area contributed by atoms with Crippen molar-refractivity contribution in [1.29, 1.82) is 0 Å². The molecule has 0 aliphatic heterocycles. The Hall–Kier alpha value is -2.17. The van der Waals surface area contributed by atoms with Crippen molar-refractivity contribution in [2.45, 2.75) is 33.1 Å². The van der Waals surface area contributed by atoms with Gasteiger partial charge in [-0.15, -0.1) is 0 Å². The lowest BCUT2D eigenvalue weighted by atomic mass is 9.92.